The van der Waals surface area contributed by atoms with Crippen LogP contribution in [0.1, 0.15) is 36.9 Å². The van der Waals surface area contributed by atoms with Gasteiger partial charge in [-0.3, -0.25) is 9.88 Å². The Kier molecular flexibility index (Phi) is 12.2. The van der Waals surface area contributed by atoms with E-state index in [4.69, 9.17) is 15.1 Å². The highest BCUT2D eigenvalue weighted by Gasteiger charge is 2.20. The van der Waals surface area contributed by atoms with Gasteiger partial charge in [0.15, 0.2) is 0 Å². The summed E-state index contributed by atoms with van der Waals surface area (Å²) in [6.07, 6.45) is 13.3. The summed E-state index contributed by atoms with van der Waals surface area (Å²) in [6, 6.07) is 6.27. The lowest BCUT2D eigenvalue weighted by Gasteiger charge is -2.24. The number of rotatable bonds is 18. The Labute approximate surface area is 250 Å². The van der Waals surface area contributed by atoms with Crippen LogP contribution in [-0.2, 0) is 17.6 Å². The molecule has 0 bridgehead atoms. The normalized spacial score (nSPS) is 13.3. The van der Waals surface area contributed by atoms with Gasteiger partial charge in [-0.05, 0) is 62.8 Å². The number of hydrogen-bond donors (Lipinski definition) is 5. The number of hydrogen-bond acceptors (Lipinski definition) is 11. The molecule has 4 rings (SSSR count). The first-order valence-corrected chi connectivity index (χ1v) is 14.4. The zero-order chi connectivity index (χ0) is 30.3. The molecule has 3 aromatic rings. The van der Waals surface area contributed by atoms with E-state index in [1.165, 1.54) is 30.2 Å². The third-order valence-corrected chi connectivity index (χ3v) is 6.91. The minimum absolute atomic E-state index is 0.304. The molecule has 0 aliphatic carbocycles. The SMILES string of the molecule is N=C/C=C\Nc1cc(N[C@@H](CCN(CCCCc2ccc3c(n2)NCCC3)CCOc2cncc(F)c2)C(=O)O)ncn1. The third-order valence-electron chi connectivity index (χ3n) is 6.91. The Hall–Kier alpha value is -4.65. The molecule has 228 valence electrons. The molecular formula is C30H38FN9O3. The lowest BCUT2D eigenvalue weighted by Crippen LogP contribution is -2.37. The van der Waals surface area contributed by atoms with Gasteiger partial charge in [0, 0.05) is 49.9 Å². The molecule has 1 aliphatic heterocycles. The van der Waals surface area contributed by atoms with Gasteiger partial charge in [0.05, 0.1) is 12.4 Å². The van der Waals surface area contributed by atoms with E-state index in [9.17, 15) is 14.3 Å². The van der Waals surface area contributed by atoms with E-state index >= 15 is 0 Å². The Morgan fingerprint density at radius 1 is 1.19 bits per heavy atom. The molecule has 1 atom stereocenters. The molecule has 0 unspecified atom stereocenters. The molecule has 0 radical (unpaired) electrons. The monoisotopic (exact) mass is 591 g/mol. The number of unbranched alkanes of at least 4 members (excludes halogenated alkanes) is 1. The van der Waals surface area contributed by atoms with Crippen molar-refractivity contribution >= 4 is 29.6 Å². The summed E-state index contributed by atoms with van der Waals surface area (Å²) in [5, 5.41) is 26.2. The summed E-state index contributed by atoms with van der Waals surface area (Å²) in [6.45, 7) is 3.02. The molecule has 0 fully saturated rings. The minimum Gasteiger partial charge on any atom is -0.491 e. The molecule has 13 heteroatoms. The van der Waals surface area contributed by atoms with Crippen LogP contribution in [0.3, 0.4) is 0 Å². The molecule has 5 N–H and O–H groups in total. The molecule has 4 heterocycles. The molecule has 0 amide bonds. The average molecular weight is 592 g/mol. The predicted octanol–water partition coefficient (Wildman–Crippen LogP) is 4.00. The average Bonchev–Trinajstić information content (AvgIpc) is 3.01. The van der Waals surface area contributed by atoms with E-state index < -0.39 is 17.8 Å². The Morgan fingerprint density at radius 2 is 2.07 bits per heavy atom. The maximum atomic E-state index is 13.5. The Balaban J connectivity index is 1.32. The number of carboxylic acids is 1. The number of aliphatic carboxylic acids is 1. The molecular weight excluding hydrogens is 553 g/mol. The number of fused-ring (bicyclic) bond motifs is 1. The van der Waals surface area contributed by atoms with Gasteiger partial charge in [-0.15, -0.1) is 0 Å². The number of halogens is 1. The summed E-state index contributed by atoms with van der Waals surface area (Å²) in [5.41, 5.74) is 2.33. The molecule has 0 spiro atoms. The molecule has 0 saturated carbocycles. The Bertz CT molecular complexity index is 1370. The van der Waals surface area contributed by atoms with Crippen LogP contribution in [0.2, 0.25) is 0 Å². The van der Waals surface area contributed by atoms with Crippen molar-refractivity contribution in [3.8, 4) is 5.75 Å². The van der Waals surface area contributed by atoms with Gasteiger partial charge in [-0.1, -0.05) is 6.07 Å². The number of ether oxygens (including phenoxy) is 1. The fraction of sp³-hybridized carbons (Fsp3) is 0.400. The van der Waals surface area contributed by atoms with Crippen LogP contribution in [0.5, 0.6) is 5.75 Å². The maximum absolute atomic E-state index is 13.5. The molecule has 0 saturated heterocycles. The van der Waals surface area contributed by atoms with Crippen LogP contribution < -0.4 is 20.7 Å². The van der Waals surface area contributed by atoms with Crippen LogP contribution in [0, 0.1) is 11.2 Å². The maximum Gasteiger partial charge on any atom is 0.326 e. The lowest BCUT2D eigenvalue weighted by molar-refractivity contribution is -0.138. The van der Waals surface area contributed by atoms with Crippen molar-refractivity contribution in [2.24, 2.45) is 0 Å². The van der Waals surface area contributed by atoms with E-state index in [-0.39, 0.29) is 0 Å². The van der Waals surface area contributed by atoms with Gasteiger partial charge in [-0.2, -0.15) is 0 Å². The molecule has 3 aromatic heterocycles. The lowest BCUT2D eigenvalue weighted by atomic mass is 10.1. The number of aryl methyl sites for hydroxylation is 2. The molecule has 1 aliphatic rings. The van der Waals surface area contributed by atoms with E-state index in [1.807, 2.05) is 0 Å². The number of carboxylic acid groups (broad SMARTS) is 1. The predicted molar refractivity (Wildman–Crippen MR) is 163 cm³/mol. The van der Waals surface area contributed by atoms with Crippen molar-refractivity contribution in [2.45, 2.75) is 44.6 Å². The van der Waals surface area contributed by atoms with E-state index in [2.05, 4.69) is 47.9 Å². The first-order valence-electron chi connectivity index (χ1n) is 14.4. The minimum atomic E-state index is -0.994. The van der Waals surface area contributed by atoms with Crippen LogP contribution in [0.15, 0.2) is 55.3 Å². The number of nitrogens with zero attached hydrogens (tertiary/aromatic N) is 5. The number of anilines is 3. The van der Waals surface area contributed by atoms with Crippen molar-refractivity contribution in [1.82, 2.24) is 24.8 Å². The summed E-state index contributed by atoms with van der Waals surface area (Å²) < 4.78 is 19.2. The highest BCUT2D eigenvalue weighted by atomic mass is 19.1. The van der Waals surface area contributed by atoms with Crippen LogP contribution in [-0.4, -0.2) is 81.0 Å². The van der Waals surface area contributed by atoms with Gasteiger partial charge >= 0.3 is 5.97 Å². The summed E-state index contributed by atoms with van der Waals surface area (Å²) >= 11 is 0. The van der Waals surface area contributed by atoms with Crippen molar-refractivity contribution in [2.75, 3.05) is 48.7 Å². The number of carbonyl (C=O) groups is 1. The zero-order valence-electron chi connectivity index (χ0n) is 24.0. The van der Waals surface area contributed by atoms with E-state index in [1.54, 1.807) is 12.3 Å². The van der Waals surface area contributed by atoms with Gasteiger partial charge in [-0.25, -0.2) is 24.1 Å². The number of nitrogens with one attached hydrogen (secondary N) is 4. The van der Waals surface area contributed by atoms with Gasteiger partial charge in [0.2, 0.25) is 0 Å². The topological polar surface area (TPSA) is 161 Å². The van der Waals surface area contributed by atoms with Gasteiger partial charge < -0.3 is 31.2 Å². The van der Waals surface area contributed by atoms with Gasteiger partial charge in [0.1, 0.15) is 48.0 Å². The fourth-order valence-corrected chi connectivity index (χ4v) is 4.69. The van der Waals surface area contributed by atoms with Gasteiger partial charge in [0.25, 0.3) is 0 Å². The van der Waals surface area contributed by atoms with E-state index in [0.717, 1.165) is 69.1 Å². The number of pyridine rings is 2. The second-order valence-corrected chi connectivity index (χ2v) is 10.1. The Morgan fingerprint density at radius 3 is 2.91 bits per heavy atom. The molecule has 43 heavy (non-hydrogen) atoms. The van der Waals surface area contributed by atoms with Crippen molar-refractivity contribution in [1.29, 1.82) is 5.41 Å². The largest absolute Gasteiger partial charge is 0.491 e. The van der Waals surface area contributed by atoms with Crippen molar-refractivity contribution < 1.29 is 19.0 Å². The summed E-state index contributed by atoms with van der Waals surface area (Å²) in [4.78, 5) is 31.1. The number of allylic oxidation sites excluding steroid dienone is 1. The number of aromatic nitrogens is 4. The van der Waals surface area contributed by atoms with Crippen LogP contribution in [0.25, 0.3) is 0 Å². The smallest absolute Gasteiger partial charge is 0.326 e. The molecule has 0 aromatic carbocycles. The van der Waals surface area contributed by atoms with Crippen molar-refractivity contribution in [3.63, 3.8) is 0 Å². The molecule has 12 nitrogen and oxygen atoms in total. The zero-order valence-corrected chi connectivity index (χ0v) is 24.0. The van der Waals surface area contributed by atoms with Crippen LogP contribution >= 0.6 is 0 Å². The van der Waals surface area contributed by atoms with Crippen LogP contribution in [0.4, 0.5) is 21.8 Å². The second-order valence-electron chi connectivity index (χ2n) is 10.1. The standard InChI is InChI=1S/C30H38FN9O3/c31-23-17-25(20-33-19-23)43-16-15-40(13-2-1-6-24-8-7-22-5-3-11-35-29(22)38-24)14-9-26(30(41)42)39-28-18-27(36-21-37-28)34-12-4-10-32/h4,7-8,10,12,17-21,26,32H,1-3,5-6,9,11,13-16H2,(H,35,38)(H,41,42)(H2,34,36,37,39)/b12-4-,32-10?/t26-/m0/s1. The highest BCUT2D eigenvalue weighted by molar-refractivity contribution is 5.77. The summed E-state index contributed by atoms with van der Waals surface area (Å²) in [5.74, 6) is 0.718. The fourth-order valence-electron chi connectivity index (χ4n) is 4.69. The third kappa shape index (κ3) is 10.6. The summed E-state index contributed by atoms with van der Waals surface area (Å²) in [7, 11) is 0. The quantitative estimate of drug-likeness (QED) is 0.107. The first-order chi connectivity index (χ1) is 21.0. The second kappa shape index (κ2) is 16.7. The van der Waals surface area contributed by atoms with E-state index in [0.29, 0.717) is 43.5 Å². The highest BCUT2D eigenvalue weighted by Crippen LogP contribution is 2.20. The first kappa shape index (κ1) is 31.3. The van der Waals surface area contributed by atoms with Crippen molar-refractivity contribution in [3.05, 3.63) is 72.3 Å².